The first-order valence-corrected chi connectivity index (χ1v) is 8.90. The number of hydrogen-bond donors (Lipinski definition) is 1. The van der Waals surface area contributed by atoms with E-state index in [-0.39, 0.29) is 11.1 Å². The van der Waals surface area contributed by atoms with Crippen LogP contribution in [0.3, 0.4) is 0 Å². The summed E-state index contributed by atoms with van der Waals surface area (Å²) in [5.74, 6) is 0.597. The van der Waals surface area contributed by atoms with Gasteiger partial charge >= 0.3 is 0 Å². The highest BCUT2D eigenvalue weighted by molar-refractivity contribution is 5.80. The number of hydrogen-bond acceptors (Lipinski definition) is 4. The highest BCUT2D eigenvalue weighted by Gasteiger charge is 2.25. The molecule has 0 saturated carbocycles. The Morgan fingerprint density at radius 2 is 1.74 bits per heavy atom. The molecule has 1 aromatic carbocycles. The van der Waals surface area contributed by atoms with E-state index in [1.54, 1.807) is 12.4 Å². The van der Waals surface area contributed by atoms with Crippen LogP contribution < -0.4 is 5.56 Å². The predicted molar refractivity (Wildman–Crippen MR) is 106 cm³/mol. The smallest absolute Gasteiger partial charge is 0.284 e. The lowest BCUT2D eigenvalue weighted by atomic mass is 10.1. The van der Waals surface area contributed by atoms with E-state index in [0.717, 1.165) is 16.8 Å². The number of fused-ring (bicyclic) bond motifs is 1. The van der Waals surface area contributed by atoms with Gasteiger partial charge < -0.3 is 4.57 Å². The minimum Gasteiger partial charge on any atom is -0.303 e. The molecule has 0 spiro atoms. The van der Waals surface area contributed by atoms with Crippen molar-refractivity contribution in [2.45, 2.75) is 32.7 Å². The molecule has 136 valence electrons. The summed E-state index contributed by atoms with van der Waals surface area (Å²) in [4.78, 5) is 21.4. The van der Waals surface area contributed by atoms with E-state index in [4.69, 9.17) is 0 Å². The molecule has 0 unspecified atom stereocenters. The number of benzene rings is 1. The largest absolute Gasteiger partial charge is 0.303 e. The first-order chi connectivity index (χ1) is 12.9. The van der Waals surface area contributed by atoms with Crippen LogP contribution in [0.4, 0.5) is 0 Å². The third kappa shape index (κ3) is 3.14. The van der Waals surface area contributed by atoms with Crippen molar-refractivity contribution >= 4 is 11.0 Å². The van der Waals surface area contributed by atoms with Crippen LogP contribution in [0.1, 0.15) is 32.0 Å². The Morgan fingerprint density at radius 3 is 2.41 bits per heavy atom. The van der Waals surface area contributed by atoms with E-state index in [0.29, 0.717) is 23.3 Å². The number of H-pyrrole nitrogens is 1. The van der Waals surface area contributed by atoms with Crippen LogP contribution in [0.2, 0.25) is 0 Å². The summed E-state index contributed by atoms with van der Waals surface area (Å²) in [5.41, 5.74) is 2.79. The summed E-state index contributed by atoms with van der Waals surface area (Å²) in [7, 11) is 0. The van der Waals surface area contributed by atoms with Crippen molar-refractivity contribution in [3.8, 4) is 11.4 Å². The number of aromatic nitrogens is 5. The van der Waals surface area contributed by atoms with Gasteiger partial charge in [0.15, 0.2) is 5.65 Å². The molecule has 0 bridgehead atoms. The number of rotatable bonds is 3. The molecule has 3 heterocycles. The summed E-state index contributed by atoms with van der Waals surface area (Å²) in [6, 6.07) is 13.7. The third-order valence-corrected chi connectivity index (χ3v) is 4.50. The zero-order valence-electron chi connectivity index (χ0n) is 15.6. The quantitative estimate of drug-likeness (QED) is 0.607. The molecule has 0 atom stereocenters. The normalized spacial score (nSPS) is 11.8. The average Bonchev–Trinajstić information content (AvgIpc) is 3.06. The molecule has 4 aromatic rings. The van der Waals surface area contributed by atoms with Crippen LogP contribution in [0.25, 0.3) is 22.4 Å². The summed E-state index contributed by atoms with van der Waals surface area (Å²) >= 11 is 0. The lowest BCUT2D eigenvalue weighted by Gasteiger charge is -2.26. The van der Waals surface area contributed by atoms with Gasteiger partial charge in [0.05, 0.1) is 5.69 Å². The summed E-state index contributed by atoms with van der Waals surface area (Å²) < 4.78 is 2.02. The molecule has 0 amide bonds. The van der Waals surface area contributed by atoms with Crippen molar-refractivity contribution in [2.24, 2.45) is 0 Å². The van der Waals surface area contributed by atoms with Gasteiger partial charge in [-0.3, -0.25) is 14.9 Å². The van der Waals surface area contributed by atoms with Gasteiger partial charge in [-0.25, -0.2) is 0 Å². The Balaban J connectivity index is 1.97. The van der Waals surface area contributed by atoms with Crippen molar-refractivity contribution in [2.75, 3.05) is 0 Å². The second kappa shape index (κ2) is 6.46. The molecule has 0 aliphatic rings. The molecule has 0 aliphatic heterocycles. The van der Waals surface area contributed by atoms with Crippen molar-refractivity contribution in [3.05, 3.63) is 76.5 Å². The zero-order chi connectivity index (χ0) is 19.0. The highest BCUT2D eigenvalue weighted by Crippen LogP contribution is 2.28. The maximum absolute atomic E-state index is 12.9. The first kappa shape index (κ1) is 17.1. The predicted octanol–water partition coefficient (Wildman–Crippen LogP) is 3.53. The number of pyridine rings is 1. The van der Waals surface area contributed by atoms with Crippen molar-refractivity contribution in [1.29, 1.82) is 0 Å². The highest BCUT2D eigenvalue weighted by atomic mass is 16.1. The number of nitrogens with one attached hydrogen (secondary N) is 1. The zero-order valence-corrected chi connectivity index (χ0v) is 15.6. The Labute approximate surface area is 156 Å². The van der Waals surface area contributed by atoms with Crippen molar-refractivity contribution in [1.82, 2.24) is 24.7 Å². The topological polar surface area (TPSA) is 76.5 Å². The maximum Gasteiger partial charge on any atom is 0.284 e. The van der Waals surface area contributed by atoms with Gasteiger partial charge in [0.25, 0.3) is 5.56 Å². The molecule has 4 rings (SSSR count). The third-order valence-electron chi connectivity index (χ3n) is 4.50. The number of aromatic amines is 1. The lowest BCUT2D eigenvalue weighted by Crippen LogP contribution is -2.28. The fourth-order valence-corrected chi connectivity index (χ4v) is 3.31. The fraction of sp³-hybridized carbons (Fsp3) is 0.238. The van der Waals surface area contributed by atoms with E-state index in [9.17, 15) is 4.79 Å². The lowest BCUT2D eigenvalue weighted by molar-refractivity contribution is 0.406. The van der Waals surface area contributed by atoms with Gasteiger partial charge in [0, 0.05) is 29.9 Å². The molecule has 0 saturated heterocycles. The minimum absolute atomic E-state index is 0.267. The van der Waals surface area contributed by atoms with Gasteiger partial charge in [-0.1, -0.05) is 30.3 Å². The molecule has 1 N–H and O–H groups in total. The van der Waals surface area contributed by atoms with E-state index in [1.165, 1.54) is 0 Å². The number of nitrogens with zero attached hydrogens (tertiary/aromatic N) is 4. The molecule has 6 heteroatoms. The van der Waals surface area contributed by atoms with Gasteiger partial charge in [0.1, 0.15) is 11.2 Å². The van der Waals surface area contributed by atoms with Gasteiger partial charge in [-0.15, -0.1) is 0 Å². The molecule has 0 aliphatic carbocycles. The summed E-state index contributed by atoms with van der Waals surface area (Å²) in [5, 5.41) is 8.13. The van der Waals surface area contributed by atoms with Crippen LogP contribution >= 0.6 is 0 Å². The maximum atomic E-state index is 12.9. The van der Waals surface area contributed by atoms with E-state index in [2.05, 4.69) is 40.9 Å². The molecule has 3 aromatic heterocycles. The second-order valence-electron chi connectivity index (χ2n) is 7.55. The Kier molecular flexibility index (Phi) is 4.11. The van der Waals surface area contributed by atoms with E-state index < -0.39 is 0 Å². The summed E-state index contributed by atoms with van der Waals surface area (Å²) in [6.45, 7) is 6.23. The van der Waals surface area contributed by atoms with Crippen molar-refractivity contribution < 1.29 is 0 Å². The standard InChI is InChI=1S/C21H21N5O/c1-21(2,3)26-18(15-9-11-22-12-10-15)23-20(27)17-16(24-25-19(17)26)13-14-7-5-4-6-8-14/h4-12H,13H2,1-3H3,(H,24,25). The SMILES string of the molecule is CC(C)(C)n1c(-c2ccncc2)nc(=O)c2c(Cc3ccccc3)[nH]nc21. The van der Waals surface area contributed by atoms with Gasteiger partial charge in [-0.05, 0) is 38.5 Å². The van der Waals surface area contributed by atoms with Crippen LogP contribution in [0, 0.1) is 0 Å². The summed E-state index contributed by atoms with van der Waals surface area (Å²) in [6.07, 6.45) is 4.00. The van der Waals surface area contributed by atoms with E-state index >= 15 is 0 Å². The minimum atomic E-state index is -0.309. The molecule has 27 heavy (non-hydrogen) atoms. The molecule has 0 radical (unpaired) electrons. The first-order valence-electron chi connectivity index (χ1n) is 8.90. The van der Waals surface area contributed by atoms with Crippen LogP contribution in [0.15, 0.2) is 59.7 Å². The molecule has 0 fully saturated rings. The van der Waals surface area contributed by atoms with Crippen LogP contribution in [-0.2, 0) is 12.0 Å². The Hall–Kier alpha value is -3.28. The molecular weight excluding hydrogens is 338 g/mol. The van der Waals surface area contributed by atoms with Crippen LogP contribution in [0.5, 0.6) is 0 Å². The average molecular weight is 359 g/mol. The molecule has 6 nitrogen and oxygen atoms in total. The van der Waals surface area contributed by atoms with Crippen LogP contribution in [-0.4, -0.2) is 24.7 Å². The molecular formula is C21H21N5O. The van der Waals surface area contributed by atoms with Gasteiger partial charge in [0.2, 0.25) is 0 Å². The van der Waals surface area contributed by atoms with E-state index in [1.807, 2.05) is 47.0 Å². The Morgan fingerprint density at radius 1 is 1.04 bits per heavy atom. The van der Waals surface area contributed by atoms with Gasteiger partial charge in [-0.2, -0.15) is 10.1 Å². The van der Waals surface area contributed by atoms with Crippen molar-refractivity contribution in [3.63, 3.8) is 0 Å². The monoisotopic (exact) mass is 359 g/mol. The second-order valence-corrected chi connectivity index (χ2v) is 7.55. The Bertz CT molecular complexity index is 1140. The fourth-order valence-electron chi connectivity index (χ4n) is 3.31.